The number of fused-ring (bicyclic) bond motifs is 8. The van der Waals surface area contributed by atoms with E-state index in [1.165, 1.54) is 145 Å². The fraction of sp³-hybridized carbons (Fsp3) is 0.102. The van der Waals surface area contributed by atoms with E-state index in [-0.39, 0.29) is 58.7 Å². The Morgan fingerprint density at radius 3 is 1.02 bits per heavy atom. The van der Waals surface area contributed by atoms with E-state index < -0.39 is 0 Å². The van der Waals surface area contributed by atoms with Crippen LogP contribution >= 0.6 is 113 Å². The number of hydrogen-bond donors (Lipinski definition) is 8. The Kier molecular flexibility index (Phi) is 33.1. The van der Waals surface area contributed by atoms with Crippen molar-refractivity contribution in [2.24, 2.45) is 4.99 Å². The number of rotatable bonds is 16. The molecule has 24 rings (SSSR count). The Bertz CT molecular complexity index is 8170. The molecule has 0 radical (unpaired) electrons. The summed E-state index contributed by atoms with van der Waals surface area (Å²) in [6.45, 7) is 17.9. The molecule has 0 aliphatic carbocycles. The van der Waals surface area contributed by atoms with Gasteiger partial charge in [0.05, 0.1) is 110 Å². The number of oxazole rings is 2. The number of pyridine rings is 10. The summed E-state index contributed by atoms with van der Waals surface area (Å²) in [7, 11) is 0. The number of benzene rings is 1. The third-order valence-electron chi connectivity index (χ3n) is 19.8. The Morgan fingerprint density at radius 1 is 0.297 bits per heavy atom. The van der Waals surface area contributed by atoms with Crippen molar-refractivity contribution in [2.75, 3.05) is 49.1 Å². The zero-order valence-corrected chi connectivity index (χ0v) is 86.9. The van der Waals surface area contributed by atoms with Gasteiger partial charge < -0.3 is 8.83 Å². The predicted molar refractivity (Wildman–Crippen MR) is 582 cm³/mol. The molecule has 8 N–H and O–H groups in total. The Morgan fingerprint density at radius 2 is 0.682 bits per heavy atom. The highest BCUT2D eigenvalue weighted by Crippen LogP contribution is 2.35. The van der Waals surface area contributed by atoms with Gasteiger partial charge in [0, 0.05) is 81.3 Å². The van der Waals surface area contributed by atoms with E-state index in [4.69, 9.17) is 8.83 Å². The van der Waals surface area contributed by atoms with Gasteiger partial charge in [-0.25, -0.2) is 54.8 Å². The lowest BCUT2D eigenvalue weighted by Gasteiger charge is -2.01. The van der Waals surface area contributed by atoms with Crippen LogP contribution in [0.1, 0.15) is 123 Å². The summed E-state index contributed by atoms with van der Waals surface area (Å²) in [6.07, 6.45) is 28.6. The van der Waals surface area contributed by atoms with Gasteiger partial charge in [-0.3, -0.25) is 136 Å². The van der Waals surface area contributed by atoms with E-state index in [1.54, 1.807) is 116 Å². The summed E-state index contributed by atoms with van der Waals surface area (Å²) in [5, 5.41) is 30.5. The van der Waals surface area contributed by atoms with Crippen LogP contribution in [0.25, 0.3) is 81.7 Å². The van der Waals surface area contributed by atoms with Gasteiger partial charge in [-0.05, 0) is 165 Å². The highest BCUT2D eigenvalue weighted by molar-refractivity contribution is 7.25. The molecule has 0 saturated heterocycles. The standard InChI is InChI=1S/C15H13N3OS.2C13H10N4OS.C12H10N4OS.C12H9N3OS2.2C11H8N4O2S.C11H8N4OS2/c1-9-3-5-11(6-4-9)14(19)18-15-17-12-8-16-10(2)7-13(12)20-15;1-8-5-11-10(7-15-8)16-13(19-11)17-12(18)9-3-2-4-14-6-9;1-8-6-11-10(7-15-8)16-13(19-11)17-12(18)9-4-2-3-5-14-9;1-7-5-10-9(6-14-7)15-12(18-10)16-11(17)8-3-2-4-13-8;1-7-5-10-8(6-13-7)14-12(18-10)15-11(16)9-3-2-4-17-9;1-6-2-9-7(3-13-6)14-11(18-9)15-10(16)8-4-12-5-17-8;1-6-2-9-7(3-12-6)14-11(18-9)15-10(16)8-4-17-5-13-8;1-6-4-8-7(5-13-6)14-11(18-8)15-9(16)10-12-2-3-17-10/h3-8H,1-2H3,(H,17,18,19);2*2-7H,1H3,(H,16,17,18);2-3,5-6H,4H2,1H3,(H,15,16,17);2-6H,1H3,(H,14,15,16);3*2-5H,1H3,(H,14,15,16). The van der Waals surface area contributed by atoms with Gasteiger partial charge in [0.25, 0.3) is 47.3 Å². The van der Waals surface area contributed by atoms with Crippen LogP contribution in [0.4, 0.5) is 41.1 Å². The molecule has 0 saturated carbocycles. The molecule has 50 heteroatoms. The van der Waals surface area contributed by atoms with Crippen molar-refractivity contribution < 1.29 is 47.2 Å². The van der Waals surface area contributed by atoms with Crippen molar-refractivity contribution in [3.05, 3.63) is 327 Å². The first-order valence-electron chi connectivity index (χ1n) is 43.8. The van der Waals surface area contributed by atoms with Crippen LogP contribution < -0.4 is 42.5 Å². The van der Waals surface area contributed by atoms with Crippen LogP contribution in [0.2, 0.25) is 0 Å². The molecule has 1 aliphatic heterocycles. The van der Waals surface area contributed by atoms with Crippen LogP contribution in [0.5, 0.6) is 0 Å². The number of carbonyl (C=O) groups excluding carboxylic acids is 8. The lowest BCUT2D eigenvalue weighted by atomic mass is 10.1. The van der Waals surface area contributed by atoms with E-state index in [2.05, 4.69) is 152 Å². The predicted octanol–water partition coefficient (Wildman–Crippen LogP) is 21.3. The summed E-state index contributed by atoms with van der Waals surface area (Å²) >= 11 is 14.1. The van der Waals surface area contributed by atoms with Crippen molar-refractivity contribution in [1.29, 1.82) is 0 Å². The minimum absolute atomic E-state index is 0.117. The number of hydrogen-bond acceptors (Lipinski definition) is 42. The zero-order chi connectivity index (χ0) is 103. The lowest BCUT2D eigenvalue weighted by Crippen LogP contribution is -2.19. The highest BCUT2D eigenvalue weighted by atomic mass is 32.1. The van der Waals surface area contributed by atoms with E-state index in [1.807, 2.05) is 153 Å². The van der Waals surface area contributed by atoms with Gasteiger partial charge in [-0.15, -0.1) is 22.7 Å². The van der Waals surface area contributed by atoms with Crippen LogP contribution in [0.3, 0.4) is 0 Å². The number of thiazole rings is 9. The molecule has 40 nitrogen and oxygen atoms in total. The number of aromatic nitrogens is 21. The second-order valence-corrected chi connectivity index (χ2v) is 41.2. The Balaban J connectivity index is 0.000000115. The quantitative estimate of drug-likeness (QED) is 0.0445. The molecule has 738 valence electrons. The molecule has 0 fully saturated rings. The van der Waals surface area contributed by atoms with Gasteiger partial charge in [0.1, 0.15) is 61.8 Å². The van der Waals surface area contributed by atoms with E-state index in [9.17, 15) is 38.4 Å². The summed E-state index contributed by atoms with van der Waals surface area (Å²) in [6, 6.07) is 35.3. The topological polar surface area (TPSA) is 542 Å². The monoisotopic (exact) mass is 2150 g/mol. The third kappa shape index (κ3) is 27.6. The van der Waals surface area contributed by atoms with Crippen LogP contribution in [-0.4, -0.2) is 164 Å². The molecule has 8 amide bonds. The largest absolute Gasteiger partial charge is 0.451 e. The first-order chi connectivity index (χ1) is 71.7. The van der Waals surface area contributed by atoms with E-state index in [0.717, 1.165) is 133 Å². The van der Waals surface area contributed by atoms with E-state index >= 15 is 0 Å². The molecule has 0 atom stereocenters. The normalized spacial score (nSPS) is 11.1. The van der Waals surface area contributed by atoms with Crippen molar-refractivity contribution in [2.45, 2.75) is 62.3 Å². The van der Waals surface area contributed by atoms with Crippen molar-refractivity contribution >= 4 is 289 Å². The lowest BCUT2D eigenvalue weighted by molar-refractivity contribution is -0.110. The molecule has 0 spiro atoms. The number of aryl methyl sites for hydroxylation is 9. The van der Waals surface area contributed by atoms with Crippen molar-refractivity contribution in [3.8, 4) is 0 Å². The number of anilines is 8. The number of thiophene rings is 1. The summed E-state index contributed by atoms with van der Waals surface area (Å²) < 4.78 is 17.7. The third-order valence-corrected chi connectivity index (χ3v) is 28.9. The number of nitrogens with zero attached hydrogens (tertiary/aromatic N) is 22. The maximum atomic E-state index is 12.1. The fourth-order valence-electron chi connectivity index (χ4n) is 12.8. The maximum Gasteiger partial charge on any atom is 0.294 e. The number of aliphatic imine (C=N–C) groups is 1. The van der Waals surface area contributed by atoms with Gasteiger partial charge in [-0.2, -0.15) is 0 Å². The van der Waals surface area contributed by atoms with Crippen LogP contribution in [0.15, 0.2) is 252 Å². The summed E-state index contributed by atoms with van der Waals surface area (Å²) in [5.74, 6) is -1.72. The second-order valence-electron chi connectivity index (χ2n) is 31.1. The average Bonchev–Trinajstić information content (AvgIpc) is 1.70. The molecule has 1 aromatic carbocycles. The molecule has 23 heterocycles. The first-order valence-corrected chi connectivity index (χ1v) is 52.1. The smallest absolute Gasteiger partial charge is 0.294 e. The number of carbonyl (C=O) groups is 8. The minimum Gasteiger partial charge on any atom is -0.451 e. The van der Waals surface area contributed by atoms with Crippen molar-refractivity contribution in [3.63, 3.8) is 0 Å². The van der Waals surface area contributed by atoms with Crippen LogP contribution in [0, 0.1) is 62.3 Å². The van der Waals surface area contributed by atoms with E-state index in [0.29, 0.717) is 80.0 Å². The van der Waals surface area contributed by atoms with Crippen LogP contribution in [-0.2, 0) is 4.79 Å². The Hall–Kier alpha value is -17.2. The SMILES string of the molecule is Cc1cc2sc(NC(=O)C3=NCC=C3)nc2cn1.Cc1cc2sc(NC(=O)c3ccccn3)nc2cn1.Cc1cc2sc(NC(=O)c3cccnc3)nc2cn1.Cc1cc2sc(NC(=O)c3cccs3)nc2cn1.Cc1cc2sc(NC(=O)c3cnco3)nc2cn1.Cc1cc2sc(NC(=O)c3cocn3)nc2cn1.Cc1cc2sc(NC(=O)c3nccs3)nc2cn1.Cc1ccc(C(=O)Nc2nc3cnc(C)cc3s2)cc1. The van der Waals surface area contributed by atoms with Gasteiger partial charge in [-0.1, -0.05) is 127 Å². The minimum atomic E-state index is -0.365. The molecule has 1 aliphatic rings. The maximum absolute atomic E-state index is 12.1. The molecule has 0 unspecified atom stereocenters. The number of nitrogens with one attached hydrogen (secondary N) is 8. The molecular formula is C98H76N30O10S10. The molecule has 148 heavy (non-hydrogen) atoms. The van der Waals surface area contributed by atoms with Crippen molar-refractivity contribution in [1.82, 2.24) is 105 Å². The van der Waals surface area contributed by atoms with Gasteiger partial charge >= 0.3 is 0 Å². The molecule has 0 bridgehead atoms. The molecular weight excluding hydrogens is 2080 g/mol. The Labute approximate surface area is 877 Å². The summed E-state index contributed by atoms with van der Waals surface area (Å²) in [5.41, 5.74) is 17.1. The second kappa shape index (κ2) is 48.0. The van der Waals surface area contributed by atoms with Gasteiger partial charge in [0.2, 0.25) is 5.76 Å². The summed E-state index contributed by atoms with van der Waals surface area (Å²) in [4.78, 5) is 187. The first kappa shape index (κ1) is 102. The molecule has 22 aromatic heterocycles. The van der Waals surface area contributed by atoms with Gasteiger partial charge in [0.15, 0.2) is 64.5 Å². The number of amides is 8. The average molecular weight is 2150 g/mol. The zero-order valence-electron chi connectivity index (χ0n) is 78.7. The highest BCUT2D eigenvalue weighted by Gasteiger charge is 2.22. The fourth-order valence-corrected chi connectivity index (χ4v) is 21.3. The molecule has 23 aromatic rings.